The highest BCUT2D eigenvalue weighted by Gasteiger charge is 2.10. The average molecular weight is 372 g/mol. The van der Waals surface area contributed by atoms with Crippen molar-refractivity contribution in [2.45, 2.75) is 20.1 Å². The van der Waals surface area contributed by atoms with Gasteiger partial charge in [-0.05, 0) is 28.9 Å². The van der Waals surface area contributed by atoms with E-state index in [4.69, 9.17) is 10.6 Å². The van der Waals surface area contributed by atoms with E-state index in [1.54, 1.807) is 11.3 Å². The van der Waals surface area contributed by atoms with Crippen LogP contribution in [-0.4, -0.2) is 23.6 Å². The van der Waals surface area contributed by atoms with E-state index in [-0.39, 0.29) is 0 Å². The number of aromatic nitrogens is 2. The Morgan fingerprint density at radius 1 is 1.43 bits per heavy atom. The average Bonchev–Trinajstić information content (AvgIpc) is 2.89. The molecule has 6 nitrogen and oxygen atoms in total. The van der Waals surface area contributed by atoms with Crippen LogP contribution in [0, 0.1) is 0 Å². The van der Waals surface area contributed by atoms with Crippen molar-refractivity contribution in [3.8, 4) is 0 Å². The van der Waals surface area contributed by atoms with E-state index in [2.05, 4.69) is 47.7 Å². The molecule has 0 amide bonds. The molecule has 114 valence electrons. The summed E-state index contributed by atoms with van der Waals surface area (Å²) < 4.78 is 6.46. The standard InChI is InChI=1S/C13H18BrN5OS/c1-3-20-7-12-16-11(18-15)5-13(17-12)19(2)6-10-4-9(14)8-21-10/h4-5,8H,3,6-7,15H2,1-2H3,(H,16,17,18). The van der Waals surface area contributed by atoms with Crippen LogP contribution in [0.5, 0.6) is 0 Å². The quantitative estimate of drug-likeness (QED) is 0.575. The lowest BCUT2D eigenvalue weighted by Gasteiger charge is -2.18. The van der Waals surface area contributed by atoms with Crippen LogP contribution in [0.1, 0.15) is 17.6 Å². The highest BCUT2D eigenvalue weighted by Crippen LogP contribution is 2.23. The molecule has 2 rings (SSSR count). The van der Waals surface area contributed by atoms with Gasteiger partial charge < -0.3 is 15.1 Å². The van der Waals surface area contributed by atoms with Crippen LogP contribution >= 0.6 is 27.3 Å². The van der Waals surface area contributed by atoms with Crippen molar-refractivity contribution >= 4 is 38.9 Å². The van der Waals surface area contributed by atoms with Crippen molar-refractivity contribution in [3.05, 3.63) is 32.7 Å². The minimum absolute atomic E-state index is 0.372. The lowest BCUT2D eigenvalue weighted by Crippen LogP contribution is -2.20. The molecule has 0 aliphatic heterocycles. The zero-order valence-electron chi connectivity index (χ0n) is 12.0. The van der Waals surface area contributed by atoms with E-state index in [0.717, 1.165) is 16.8 Å². The molecule has 2 aromatic rings. The molecule has 0 atom stereocenters. The first kappa shape index (κ1) is 16.2. The van der Waals surface area contributed by atoms with Crippen molar-refractivity contribution in [2.24, 2.45) is 5.84 Å². The van der Waals surface area contributed by atoms with Gasteiger partial charge in [0.1, 0.15) is 18.2 Å². The Morgan fingerprint density at radius 3 is 2.86 bits per heavy atom. The summed E-state index contributed by atoms with van der Waals surface area (Å²) in [6, 6.07) is 3.92. The minimum atomic E-state index is 0.372. The summed E-state index contributed by atoms with van der Waals surface area (Å²) in [5, 5.41) is 2.07. The van der Waals surface area contributed by atoms with Gasteiger partial charge in [0, 0.05) is 34.5 Å². The molecule has 0 spiro atoms. The second-order valence-electron chi connectivity index (χ2n) is 4.40. The van der Waals surface area contributed by atoms with E-state index in [9.17, 15) is 0 Å². The normalized spacial score (nSPS) is 10.7. The minimum Gasteiger partial charge on any atom is -0.374 e. The highest BCUT2D eigenvalue weighted by atomic mass is 79.9. The van der Waals surface area contributed by atoms with Crippen LogP contribution < -0.4 is 16.2 Å². The van der Waals surface area contributed by atoms with Gasteiger partial charge in [-0.15, -0.1) is 11.3 Å². The summed E-state index contributed by atoms with van der Waals surface area (Å²) in [4.78, 5) is 12.1. The molecule has 0 saturated carbocycles. The molecule has 0 radical (unpaired) electrons. The number of halogens is 1. The third-order valence-electron chi connectivity index (χ3n) is 2.75. The maximum Gasteiger partial charge on any atom is 0.158 e. The van der Waals surface area contributed by atoms with Crippen molar-refractivity contribution < 1.29 is 4.74 Å². The van der Waals surface area contributed by atoms with Crippen molar-refractivity contribution in [1.82, 2.24) is 9.97 Å². The number of nitrogens with one attached hydrogen (secondary N) is 1. The SMILES string of the molecule is CCOCc1nc(NN)cc(N(C)Cc2cc(Br)cs2)n1. The molecule has 2 aromatic heterocycles. The number of ether oxygens (including phenoxy) is 1. The molecule has 21 heavy (non-hydrogen) atoms. The summed E-state index contributed by atoms with van der Waals surface area (Å²) in [6.07, 6.45) is 0. The first-order chi connectivity index (χ1) is 10.1. The van der Waals surface area contributed by atoms with Crippen LogP contribution in [0.2, 0.25) is 0 Å². The van der Waals surface area contributed by atoms with Crippen LogP contribution in [0.15, 0.2) is 22.0 Å². The molecule has 0 aliphatic carbocycles. The van der Waals surface area contributed by atoms with Crippen LogP contribution in [0.25, 0.3) is 0 Å². The van der Waals surface area contributed by atoms with E-state index < -0.39 is 0 Å². The van der Waals surface area contributed by atoms with Gasteiger partial charge in [-0.3, -0.25) is 0 Å². The molecule has 3 N–H and O–H groups in total. The third kappa shape index (κ3) is 4.63. The van der Waals surface area contributed by atoms with Crippen molar-refractivity contribution in [2.75, 3.05) is 24.0 Å². The second kappa shape index (κ2) is 7.69. The van der Waals surface area contributed by atoms with Gasteiger partial charge in [-0.2, -0.15) is 0 Å². The first-order valence-electron chi connectivity index (χ1n) is 6.48. The number of anilines is 2. The van der Waals surface area contributed by atoms with E-state index in [0.29, 0.717) is 24.9 Å². The van der Waals surface area contributed by atoms with Crippen LogP contribution in [-0.2, 0) is 17.9 Å². The molecular weight excluding hydrogens is 354 g/mol. The fourth-order valence-electron chi connectivity index (χ4n) is 1.76. The zero-order valence-corrected chi connectivity index (χ0v) is 14.4. The number of thiophene rings is 1. The third-order valence-corrected chi connectivity index (χ3v) is 4.43. The first-order valence-corrected chi connectivity index (χ1v) is 8.16. The molecule has 8 heteroatoms. The Kier molecular flexibility index (Phi) is 5.92. The Bertz CT molecular complexity index is 592. The summed E-state index contributed by atoms with van der Waals surface area (Å²) in [6.45, 7) is 3.70. The number of nitrogens with two attached hydrogens (primary N) is 1. The Hall–Kier alpha value is -1.22. The highest BCUT2D eigenvalue weighted by molar-refractivity contribution is 9.10. The molecule has 0 unspecified atom stereocenters. The van der Waals surface area contributed by atoms with Gasteiger partial charge in [-0.25, -0.2) is 15.8 Å². The van der Waals surface area contributed by atoms with Gasteiger partial charge in [0.05, 0.1) is 6.54 Å². The largest absolute Gasteiger partial charge is 0.374 e. The molecule has 0 bridgehead atoms. The lowest BCUT2D eigenvalue weighted by molar-refractivity contribution is 0.128. The van der Waals surface area contributed by atoms with Gasteiger partial charge in [-0.1, -0.05) is 0 Å². The van der Waals surface area contributed by atoms with Gasteiger partial charge in [0.25, 0.3) is 0 Å². The number of nitrogens with zero attached hydrogens (tertiary/aromatic N) is 3. The Balaban J connectivity index is 2.16. The van der Waals surface area contributed by atoms with E-state index in [1.807, 2.05) is 20.0 Å². The molecule has 0 saturated heterocycles. The van der Waals surface area contributed by atoms with Crippen LogP contribution in [0.4, 0.5) is 11.6 Å². The van der Waals surface area contributed by atoms with Crippen molar-refractivity contribution in [1.29, 1.82) is 0 Å². The Labute approximate surface area is 136 Å². The molecule has 0 aliphatic rings. The van der Waals surface area contributed by atoms with Gasteiger partial charge in [0.2, 0.25) is 0 Å². The number of hydrogen-bond acceptors (Lipinski definition) is 7. The number of nitrogen functional groups attached to an aromatic ring is 1. The summed E-state index contributed by atoms with van der Waals surface area (Å²) in [5.74, 6) is 7.46. The lowest BCUT2D eigenvalue weighted by atomic mass is 10.4. The molecule has 0 fully saturated rings. The summed E-state index contributed by atoms with van der Waals surface area (Å²) in [7, 11) is 1.99. The second-order valence-corrected chi connectivity index (χ2v) is 6.31. The van der Waals surface area contributed by atoms with E-state index >= 15 is 0 Å². The number of hydrazine groups is 1. The molecule has 2 heterocycles. The topological polar surface area (TPSA) is 76.3 Å². The smallest absolute Gasteiger partial charge is 0.158 e. The fourth-order valence-corrected chi connectivity index (χ4v) is 3.27. The fraction of sp³-hybridized carbons (Fsp3) is 0.385. The predicted octanol–water partition coefficient (Wildman–Crippen LogP) is 2.76. The van der Waals surface area contributed by atoms with Gasteiger partial charge >= 0.3 is 0 Å². The summed E-state index contributed by atoms with van der Waals surface area (Å²) >= 11 is 5.17. The number of rotatable bonds is 7. The number of hydrogen-bond donors (Lipinski definition) is 2. The van der Waals surface area contributed by atoms with Gasteiger partial charge in [0.15, 0.2) is 5.82 Å². The Morgan fingerprint density at radius 2 is 2.24 bits per heavy atom. The zero-order chi connectivity index (χ0) is 15.2. The van der Waals surface area contributed by atoms with E-state index in [1.165, 1.54) is 4.88 Å². The van der Waals surface area contributed by atoms with Crippen molar-refractivity contribution in [3.63, 3.8) is 0 Å². The molecule has 0 aromatic carbocycles. The monoisotopic (exact) mass is 371 g/mol. The summed E-state index contributed by atoms with van der Waals surface area (Å²) in [5.41, 5.74) is 2.57. The predicted molar refractivity (Wildman–Crippen MR) is 89.3 cm³/mol. The maximum absolute atomic E-state index is 5.47. The molecular formula is C13H18BrN5OS. The van der Waals surface area contributed by atoms with Crippen LogP contribution in [0.3, 0.4) is 0 Å². The maximum atomic E-state index is 5.47.